The largest absolute Gasteiger partial charge is 0.480 e. The lowest BCUT2D eigenvalue weighted by atomic mass is 10.3. The minimum Gasteiger partial charge on any atom is -0.480 e. The smallest absolute Gasteiger partial charge is 0.349 e. The van der Waals surface area contributed by atoms with Crippen LogP contribution < -0.4 is 18.9 Å². The second-order valence-electron chi connectivity index (χ2n) is 4.35. The van der Waals surface area contributed by atoms with E-state index in [1.54, 1.807) is 36.4 Å². The van der Waals surface area contributed by atoms with Gasteiger partial charge in [0.1, 0.15) is 11.5 Å². The van der Waals surface area contributed by atoms with Gasteiger partial charge in [-0.05, 0) is 30.3 Å². The Hall–Kier alpha value is -1.92. The van der Waals surface area contributed by atoms with E-state index in [4.69, 9.17) is 30.5 Å². The molecular formula is C15H10BrClO5. The molecule has 114 valence electrons. The van der Waals surface area contributed by atoms with Crippen LogP contribution >= 0.6 is 27.5 Å². The molecule has 1 heterocycles. The van der Waals surface area contributed by atoms with Crippen molar-refractivity contribution in [1.29, 1.82) is 0 Å². The lowest BCUT2D eigenvalue weighted by Crippen LogP contribution is -2.17. The predicted molar refractivity (Wildman–Crippen MR) is 82.8 cm³/mol. The average Bonchev–Trinajstić information content (AvgIpc) is 2.94. The van der Waals surface area contributed by atoms with E-state index in [0.717, 1.165) is 4.47 Å². The van der Waals surface area contributed by atoms with E-state index in [1.807, 2.05) is 0 Å². The summed E-state index contributed by atoms with van der Waals surface area (Å²) in [5.41, 5.74) is 0. The second kappa shape index (κ2) is 6.46. The van der Waals surface area contributed by atoms with Gasteiger partial charge in [0, 0.05) is 10.5 Å². The Bertz CT molecular complexity index is 719. The molecule has 1 aliphatic rings. The molecule has 7 heteroatoms. The number of hydrogen-bond acceptors (Lipinski definition) is 5. The Morgan fingerprint density at radius 2 is 2.00 bits per heavy atom. The van der Waals surface area contributed by atoms with E-state index in [1.165, 1.54) is 0 Å². The molecule has 0 fully saturated rings. The third-order valence-corrected chi connectivity index (χ3v) is 3.60. The van der Waals surface area contributed by atoms with Gasteiger partial charge in [-0.15, -0.1) is 0 Å². The fourth-order valence-corrected chi connectivity index (χ4v) is 2.56. The van der Waals surface area contributed by atoms with Crippen molar-refractivity contribution >= 4 is 33.5 Å². The lowest BCUT2D eigenvalue weighted by molar-refractivity contribution is -0.136. The highest BCUT2D eigenvalue weighted by Crippen LogP contribution is 2.35. The number of esters is 1. The van der Waals surface area contributed by atoms with Gasteiger partial charge < -0.3 is 18.9 Å². The first-order chi connectivity index (χ1) is 10.6. The highest BCUT2D eigenvalue weighted by Gasteiger charge is 2.15. The van der Waals surface area contributed by atoms with Crippen LogP contribution in [0.1, 0.15) is 0 Å². The zero-order valence-corrected chi connectivity index (χ0v) is 13.5. The molecule has 0 bridgehead atoms. The van der Waals surface area contributed by atoms with E-state index in [0.29, 0.717) is 28.0 Å². The monoisotopic (exact) mass is 384 g/mol. The molecule has 0 atom stereocenters. The Morgan fingerprint density at radius 3 is 2.82 bits per heavy atom. The van der Waals surface area contributed by atoms with E-state index >= 15 is 0 Å². The molecule has 0 saturated heterocycles. The summed E-state index contributed by atoms with van der Waals surface area (Å²) in [6, 6.07) is 10.0. The normalized spacial score (nSPS) is 12.1. The summed E-state index contributed by atoms with van der Waals surface area (Å²) >= 11 is 9.29. The van der Waals surface area contributed by atoms with Gasteiger partial charge in [-0.3, -0.25) is 0 Å². The van der Waals surface area contributed by atoms with Crippen molar-refractivity contribution < 1.29 is 23.7 Å². The van der Waals surface area contributed by atoms with Crippen molar-refractivity contribution in [3.05, 3.63) is 45.9 Å². The fourth-order valence-electron chi connectivity index (χ4n) is 1.83. The number of rotatable bonds is 4. The first kappa shape index (κ1) is 15.0. The summed E-state index contributed by atoms with van der Waals surface area (Å²) in [5.74, 6) is 1.39. The minimum atomic E-state index is -0.544. The maximum Gasteiger partial charge on any atom is 0.349 e. The standard InChI is InChI=1S/C15H10BrClO5/c16-9-1-3-12(11(17)5-9)19-7-15(18)22-10-2-4-13-14(6-10)21-8-20-13/h1-6H,7-8H2. The molecule has 0 aliphatic carbocycles. The Balaban J connectivity index is 1.58. The third kappa shape index (κ3) is 3.45. The molecule has 0 unspecified atom stereocenters. The Kier molecular flexibility index (Phi) is 4.40. The minimum absolute atomic E-state index is 0.165. The molecule has 1 aliphatic heterocycles. The van der Waals surface area contributed by atoms with Crippen LogP contribution in [0.5, 0.6) is 23.0 Å². The number of ether oxygens (including phenoxy) is 4. The zero-order valence-electron chi connectivity index (χ0n) is 11.2. The molecule has 0 aromatic heterocycles. The molecule has 22 heavy (non-hydrogen) atoms. The number of carbonyl (C=O) groups excluding carboxylic acids is 1. The lowest BCUT2D eigenvalue weighted by Gasteiger charge is -2.08. The summed E-state index contributed by atoms with van der Waals surface area (Å²) in [6.45, 7) is -0.0896. The van der Waals surface area contributed by atoms with Gasteiger partial charge in [-0.25, -0.2) is 4.79 Å². The van der Waals surface area contributed by atoms with Crippen molar-refractivity contribution in [3.63, 3.8) is 0 Å². The van der Waals surface area contributed by atoms with Crippen LogP contribution in [0.25, 0.3) is 0 Å². The van der Waals surface area contributed by atoms with E-state index < -0.39 is 5.97 Å². The van der Waals surface area contributed by atoms with Gasteiger partial charge in [0.25, 0.3) is 0 Å². The van der Waals surface area contributed by atoms with Gasteiger partial charge in [0.15, 0.2) is 18.1 Å². The summed E-state index contributed by atoms with van der Waals surface area (Å²) < 4.78 is 21.7. The molecule has 0 saturated carbocycles. The van der Waals surface area contributed by atoms with E-state index in [2.05, 4.69) is 15.9 Å². The molecule has 0 N–H and O–H groups in total. The average molecular weight is 386 g/mol. The number of halogens is 2. The summed E-state index contributed by atoms with van der Waals surface area (Å²) in [5, 5.41) is 0.408. The summed E-state index contributed by atoms with van der Waals surface area (Å²) in [6.07, 6.45) is 0. The maximum atomic E-state index is 11.8. The van der Waals surface area contributed by atoms with E-state index in [-0.39, 0.29) is 13.4 Å². The van der Waals surface area contributed by atoms with Crippen molar-refractivity contribution in [2.24, 2.45) is 0 Å². The number of benzene rings is 2. The van der Waals surface area contributed by atoms with Gasteiger partial charge in [0.05, 0.1) is 5.02 Å². The van der Waals surface area contributed by atoms with Crippen LogP contribution in [0.4, 0.5) is 0 Å². The topological polar surface area (TPSA) is 54.0 Å². The van der Waals surface area contributed by atoms with Crippen LogP contribution in [0.3, 0.4) is 0 Å². The van der Waals surface area contributed by atoms with Gasteiger partial charge in [0.2, 0.25) is 6.79 Å². The fraction of sp³-hybridized carbons (Fsp3) is 0.133. The van der Waals surface area contributed by atoms with Crippen LogP contribution in [0.15, 0.2) is 40.9 Å². The number of fused-ring (bicyclic) bond motifs is 1. The summed E-state index contributed by atoms with van der Waals surface area (Å²) in [7, 11) is 0. The molecule has 5 nitrogen and oxygen atoms in total. The highest BCUT2D eigenvalue weighted by atomic mass is 79.9. The van der Waals surface area contributed by atoms with Crippen LogP contribution in [-0.2, 0) is 4.79 Å². The number of hydrogen-bond donors (Lipinski definition) is 0. The second-order valence-corrected chi connectivity index (χ2v) is 5.68. The SMILES string of the molecule is O=C(COc1ccc(Br)cc1Cl)Oc1ccc2c(c1)OCO2. The zero-order chi connectivity index (χ0) is 15.5. The van der Waals surface area contributed by atoms with Crippen LogP contribution in [0, 0.1) is 0 Å². The molecule has 0 amide bonds. The van der Waals surface area contributed by atoms with Gasteiger partial charge in [-0.1, -0.05) is 27.5 Å². The van der Waals surface area contributed by atoms with Crippen LogP contribution in [-0.4, -0.2) is 19.4 Å². The van der Waals surface area contributed by atoms with Gasteiger partial charge in [-0.2, -0.15) is 0 Å². The Morgan fingerprint density at radius 1 is 1.18 bits per heavy atom. The molecule has 0 spiro atoms. The molecule has 3 rings (SSSR count). The summed E-state index contributed by atoms with van der Waals surface area (Å²) in [4.78, 5) is 11.8. The van der Waals surface area contributed by atoms with Crippen molar-refractivity contribution in [2.45, 2.75) is 0 Å². The third-order valence-electron chi connectivity index (χ3n) is 2.82. The molecule has 0 radical (unpaired) electrons. The number of carbonyl (C=O) groups is 1. The molecule has 2 aromatic rings. The van der Waals surface area contributed by atoms with Crippen LogP contribution in [0.2, 0.25) is 5.02 Å². The first-order valence-corrected chi connectivity index (χ1v) is 7.47. The predicted octanol–water partition coefficient (Wildman–Crippen LogP) is 3.82. The molecular weight excluding hydrogens is 376 g/mol. The van der Waals surface area contributed by atoms with E-state index in [9.17, 15) is 4.79 Å². The van der Waals surface area contributed by atoms with Crippen molar-refractivity contribution in [2.75, 3.05) is 13.4 Å². The van der Waals surface area contributed by atoms with Crippen molar-refractivity contribution in [1.82, 2.24) is 0 Å². The molecule has 2 aromatic carbocycles. The quantitative estimate of drug-likeness (QED) is 0.592. The first-order valence-electron chi connectivity index (χ1n) is 6.30. The highest BCUT2D eigenvalue weighted by molar-refractivity contribution is 9.10. The van der Waals surface area contributed by atoms with Crippen molar-refractivity contribution in [3.8, 4) is 23.0 Å². The van der Waals surface area contributed by atoms with Gasteiger partial charge >= 0.3 is 5.97 Å². The maximum absolute atomic E-state index is 11.8. The Labute approximate surface area is 139 Å².